The summed E-state index contributed by atoms with van der Waals surface area (Å²) < 4.78 is 26.2. The molecule has 2 heterocycles. The molecule has 0 spiro atoms. The summed E-state index contributed by atoms with van der Waals surface area (Å²) in [7, 11) is 1.83. The van der Waals surface area contributed by atoms with Crippen LogP contribution in [0.1, 0.15) is 11.4 Å². The van der Waals surface area contributed by atoms with E-state index in [0.717, 1.165) is 22.4 Å². The number of carbonyl (C=O) groups excluding carboxylic acids is 1. The number of nitrogens with one attached hydrogen (secondary N) is 1. The van der Waals surface area contributed by atoms with Crippen LogP contribution < -0.4 is 14.8 Å². The van der Waals surface area contributed by atoms with E-state index in [9.17, 15) is 9.18 Å². The number of ether oxygens (including phenoxy) is 2. The average molecular weight is 416 g/mol. The van der Waals surface area contributed by atoms with Crippen LogP contribution in [0.5, 0.6) is 11.5 Å². The maximum Gasteiger partial charge on any atom is 0.244 e. The Balaban J connectivity index is 1.36. The molecule has 29 heavy (non-hydrogen) atoms. The van der Waals surface area contributed by atoms with Gasteiger partial charge in [-0.25, -0.2) is 9.37 Å². The average Bonchev–Trinajstić information content (AvgIpc) is 3.02. The SMILES string of the molecule is Cn1c(CCNC(=O)/C=C/c2cc(Cl)c3c(c2)OCCO3)nc2ccc(F)cc21. The number of aryl methyl sites for hydroxylation is 1. The van der Waals surface area contributed by atoms with Gasteiger partial charge >= 0.3 is 0 Å². The Labute approximate surface area is 171 Å². The topological polar surface area (TPSA) is 65.4 Å². The number of aromatic nitrogens is 2. The minimum atomic E-state index is -0.301. The Morgan fingerprint density at radius 1 is 1.31 bits per heavy atom. The lowest BCUT2D eigenvalue weighted by Crippen LogP contribution is -2.24. The maximum atomic E-state index is 13.4. The van der Waals surface area contributed by atoms with E-state index in [4.69, 9.17) is 21.1 Å². The molecule has 0 bridgehead atoms. The number of rotatable bonds is 5. The molecule has 6 nitrogen and oxygen atoms in total. The quantitative estimate of drug-likeness (QED) is 0.648. The first-order chi connectivity index (χ1) is 14.0. The van der Waals surface area contributed by atoms with Gasteiger partial charge in [-0.05, 0) is 42.0 Å². The zero-order valence-corrected chi connectivity index (χ0v) is 16.5. The van der Waals surface area contributed by atoms with Crippen LogP contribution in [0, 0.1) is 5.82 Å². The van der Waals surface area contributed by atoms with Gasteiger partial charge in [0, 0.05) is 26.1 Å². The molecule has 0 unspecified atom stereocenters. The number of benzene rings is 2. The summed E-state index contributed by atoms with van der Waals surface area (Å²) in [4.78, 5) is 16.6. The van der Waals surface area contributed by atoms with Gasteiger partial charge < -0.3 is 19.4 Å². The zero-order valence-electron chi connectivity index (χ0n) is 15.7. The fourth-order valence-electron chi connectivity index (χ4n) is 3.19. The molecule has 0 radical (unpaired) electrons. The molecular weight excluding hydrogens is 397 g/mol. The van der Waals surface area contributed by atoms with Gasteiger partial charge in [0.05, 0.1) is 16.1 Å². The molecule has 2 aromatic carbocycles. The summed E-state index contributed by atoms with van der Waals surface area (Å²) in [5, 5.41) is 3.26. The highest BCUT2D eigenvalue weighted by Gasteiger charge is 2.16. The van der Waals surface area contributed by atoms with Gasteiger partial charge in [-0.15, -0.1) is 0 Å². The molecule has 8 heteroatoms. The monoisotopic (exact) mass is 415 g/mol. The minimum Gasteiger partial charge on any atom is -0.486 e. The molecule has 4 rings (SSSR count). The van der Waals surface area contributed by atoms with Gasteiger partial charge in [-0.2, -0.15) is 0 Å². The Morgan fingerprint density at radius 3 is 3.00 bits per heavy atom. The molecule has 0 fully saturated rings. The van der Waals surface area contributed by atoms with Gasteiger partial charge in [-0.3, -0.25) is 4.79 Å². The van der Waals surface area contributed by atoms with E-state index in [1.54, 1.807) is 24.3 Å². The van der Waals surface area contributed by atoms with E-state index in [1.165, 1.54) is 18.2 Å². The standard InChI is InChI=1S/C21H19ClFN3O3/c1-26-17-12-14(23)3-4-16(17)25-19(26)6-7-24-20(27)5-2-13-10-15(22)21-18(11-13)28-8-9-29-21/h2-5,10-12H,6-9H2,1H3,(H,24,27)/b5-2+. The van der Waals surface area contributed by atoms with Crippen LogP contribution in [0.3, 0.4) is 0 Å². The van der Waals surface area contributed by atoms with Crippen molar-refractivity contribution in [1.82, 2.24) is 14.9 Å². The number of nitrogens with zero attached hydrogens (tertiary/aromatic N) is 2. The first-order valence-electron chi connectivity index (χ1n) is 9.17. The van der Waals surface area contributed by atoms with E-state index in [0.29, 0.717) is 42.7 Å². The lowest BCUT2D eigenvalue weighted by Gasteiger charge is -2.19. The van der Waals surface area contributed by atoms with Gasteiger partial charge in [0.1, 0.15) is 24.9 Å². The highest BCUT2D eigenvalue weighted by Crippen LogP contribution is 2.38. The van der Waals surface area contributed by atoms with Crippen molar-refractivity contribution < 1.29 is 18.7 Å². The summed E-state index contributed by atoms with van der Waals surface area (Å²) in [6.45, 7) is 1.33. The van der Waals surface area contributed by atoms with E-state index < -0.39 is 0 Å². The molecule has 3 aromatic rings. The predicted octanol–water partition coefficient (Wildman–Crippen LogP) is 3.51. The van der Waals surface area contributed by atoms with Crippen molar-refractivity contribution in [1.29, 1.82) is 0 Å². The molecule has 1 aromatic heterocycles. The van der Waals surface area contributed by atoms with Crippen LogP contribution in [0.15, 0.2) is 36.4 Å². The largest absolute Gasteiger partial charge is 0.486 e. The molecule has 1 amide bonds. The zero-order chi connectivity index (χ0) is 20.4. The molecule has 1 N–H and O–H groups in total. The third-order valence-corrected chi connectivity index (χ3v) is 4.91. The number of imidazole rings is 1. The highest BCUT2D eigenvalue weighted by atomic mass is 35.5. The summed E-state index contributed by atoms with van der Waals surface area (Å²) >= 11 is 6.20. The maximum absolute atomic E-state index is 13.4. The molecule has 0 atom stereocenters. The van der Waals surface area contributed by atoms with Crippen molar-refractivity contribution in [3.05, 3.63) is 58.6 Å². The van der Waals surface area contributed by atoms with Crippen molar-refractivity contribution in [3.63, 3.8) is 0 Å². The minimum absolute atomic E-state index is 0.235. The van der Waals surface area contributed by atoms with Crippen LogP contribution in [0.2, 0.25) is 5.02 Å². The molecular formula is C21H19ClFN3O3. The smallest absolute Gasteiger partial charge is 0.244 e. The highest BCUT2D eigenvalue weighted by molar-refractivity contribution is 6.32. The van der Waals surface area contributed by atoms with Crippen molar-refractivity contribution in [3.8, 4) is 11.5 Å². The second kappa shape index (κ2) is 8.13. The Kier molecular flexibility index (Phi) is 5.40. The number of hydrogen-bond acceptors (Lipinski definition) is 4. The van der Waals surface area contributed by atoms with Gasteiger partial charge in [0.15, 0.2) is 11.5 Å². The Morgan fingerprint density at radius 2 is 2.14 bits per heavy atom. The van der Waals surface area contributed by atoms with Gasteiger partial charge in [-0.1, -0.05) is 11.6 Å². The van der Waals surface area contributed by atoms with Crippen LogP contribution in [0.25, 0.3) is 17.1 Å². The van der Waals surface area contributed by atoms with Crippen LogP contribution in [0.4, 0.5) is 4.39 Å². The molecule has 0 saturated carbocycles. The van der Waals surface area contributed by atoms with E-state index in [2.05, 4.69) is 10.3 Å². The molecule has 0 aliphatic carbocycles. The van der Waals surface area contributed by atoms with Gasteiger partial charge in [0.25, 0.3) is 0 Å². The predicted molar refractivity (Wildman–Crippen MR) is 109 cm³/mol. The molecule has 150 valence electrons. The first-order valence-corrected chi connectivity index (χ1v) is 9.55. The second-order valence-electron chi connectivity index (χ2n) is 6.62. The van der Waals surface area contributed by atoms with E-state index >= 15 is 0 Å². The van der Waals surface area contributed by atoms with Crippen molar-refractivity contribution in [2.45, 2.75) is 6.42 Å². The molecule has 1 aliphatic heterocycles. The molecule has 0 saturated heterocycles. The van der Waals surface area contributed by atoms with Crippen LogP contribution in [-0.4, -0.2) is 35.2 Å². The lowest BCUT2D eigenvalue weighted by molar-refractivity contribution is -0.116. The van der Waals surface area contributed by atoms with E-state index in [-0.39, 0.29) is 11.7 Å². The summed E-state index contributed by atoms with van der Waals surface area (Å²) in [6, 6.07) is 7.98. The summed E-state index contributed by atoms with van der Waals surface area (Å²) in [5.41, 5.74) is 2.19. The van der Waals surface area contributed by atoms with Gasteiger partial charge in [0.2, 0.25) is 5.91 Å². The number of fused-ring (bicyclic) bond motifs is 2. The van der Waals surface area contributed by atoms with Crippen LogP contribution in [-0.2, 0) is 18.3 Å². The molecule has 1 aliphatic rings. The summed E-state index contributed by atoms with van der Waals surface area (Å²) in [5.74, 6) is 1.34. The van der Waals surface area contributed by atoms with Crippen molar-refractivity contribution in [2.24, 2.45) is 7.05 Å². The first kappa shape index (κ1) is 19.3. The fourth-order valence-corrected chi connectivity index (χ4v) is 3.47. The van der Waals surface area contributed by atoms with Crippen LogP contribution >= 0.6 is 11.6 Å². The van der Waals surface area contributed by atoms with E-state index in [1.807, 2.05) is 11.6 Å². The number of hydrogen-bond donors (Lipinski definition) is 1. The number of carbonyl (C=O) groups is 1. The third kappa shape index (κ3) is 4.19. The van der Waals surface area contributed by atoms with Crippen molar-refractivity contribution >= 4 is 34.6 Å². The number of amides is 1. The lowest BCUT2D eigenvalue weighted by atomic mass is 10.1. The Bertz CT molecular complexity index is 1110. The number of halogens is 2. The normalized spacial score (nSPS) is 13.2. The second-order valence-corrected chi connectivity index (χ2v) is 7.03. The fraction of sp³-hybridized carbons (Fsp3) is 0.238. The van der Waals surface area contributed by atoms with Crippen molar-refractivity contribution in [2.75, 3.05) is 19.8 Å². The Hall–Kier alpha value is -3.06. The third-order valence-electron chi connectivity index (χ3n) is 4.63. The summed E-state index contributed by atoms with van der Waals surface area (Å²) in [6.07, 6.45) is 3.63.